The lowest BCUT2D eigenvalue weighted by Gasteiger charge is -2.32. The van der Waals surface area contributed by atoms with Crippen molar-refractivity contribution in [2.75, 3.05) is 33.3 Å². The Morgan fingerprint density at radius 3 is 2.68 bits per heavy atom. The number of carbonyl (C=O) groups excluding carboxylic acids is 1. The quantitative estimate of drug-likeness (QED) is 0.619. The van der Waals surface area contributed by atoms with Gasteiger partial charge in [0.1, 0.15) is 5.76 Å². The number of carbonyl (C=O) groups is 1. The molecule has 0 spiro atoms. The summed E-state index contributed by atoms with van der Waals surface area (Å²) in [5.41, 5.74) is 2.06. The normalized spacial score (nSPS) is 16.0. The lowest BCUT2D eigenvalue weighted by molar-refractivity contribution is 0.111. The van der Waals surface area contributed by atoms with Gasteiger partial charge in [0, 0.05) is 37.8 Å². The molecule has 2 N–H and O–H groups in total. The molecule has 8 nitrogen and oxygen atoms in total. The molecular formula is C17H29N5O3. The van der Waals surface area contributed by atoms with Crippen molar-refractivity contribution >= 4 is 12.1 Å². The fourth-order valence-electron chi connectivity index (χ4n) is 2.99. The van der Waals surface area contributed by atoms with Crippen LogP contribution in [0.3, 0.4) is 0 Å². The monoisotopic (exact) mass is 351 g/mol. The number of hydrogen-bond acceptors (Lipinski definition) is 5. The van der Waals surface area contributed by atoms with Crippen molar-refractivity contribution in [3.8, 4) is 0 Å². The van der Waals surface area contributed by atoms with Crippen LogP contribution >= 0.6 is 0 Å². The molecule has 0 aromatic carbocycles. The van der Waals surface area contributed by atoms with Gasteiger partial charge in [0.05, 0.1) is 12.8 Å². The van der Waals surface area contributed by atoms with Gasteiger partial charge in [0.2, 0.25) is 0 Å². The predicted molar refractivity (Wildman–Crippen MR) is 95.8 cm³/mol. The molecule has 0 radical (unpaired) electrons. The summed E-state index contributed by atoms with van der Waals surface area (Å²) in [6.45, 7) is 8.79. The lowest BCUT2D eigenvalue weighted by atomic mass is 10.1. The molecule has 0 atom stereocenters. The fourth-order valence-corrected chi connectivity index (χ4v) is 2.99. The van der Waals surface area contributed by atoms with Crippen LogP contribution in [0.5, 0.6) is 0 Å². The zero-order valence-corrected chi connectivity index (χ0v) is 15.6. The first-order valence-corrected chi connectivity index (χ1v) is 8.84. The number of methoxy groups -OCH3 is 1. The number of hydrogen-bond donors (Lipinski definition) is 2. The molecule has 140 valence electrons. The van der Waals surface area contributed by atoms with E-state index in [1.54, 1.807) is 4.90 Å². The van der Waals surface area contributed by atoms with Gasteiger partial charge in [-0.05, 0) is 40.0 Å². The number of ether oxygens (including phenoxy) is 1. The van der Waals surface area contributed by atoms with Gasteiger partial charge in [0.15, 0.2) is 5.96 Å². The molecule has 1 aliphatic rings. The Hall–Kier alpha value is -2.25. The van der Waals surface area contributed by atoms with Crippen LogP contribution in [0, 0.1) is 13.8 Å². The fraction of sp³-hybridized carbons (Fsp3) is 0.706. The highest BCUT2D eigenvalue weighted by atomic mass is 16.5. The van der Waals surface area contributed by atoms with Gasteiger partial charge in [-0.15, -0.1) is 0 Å². The number of aryl methyl sites for hydroxylation is 2. The topological polar surface area (TPSA) is 92.0 Å². The van der Waals surface area contributed by atoms with Crippen LogP contribution in [0.25, 0.3) is 0 Å². The molecule has 2 rings (SSSR count). The minimum atomic E-state index is -0.251. The number of nitrogens with zero attached hydrogens (tertiary/aromatic N) is 3. The maximum Gasteiger partial charge on any atom is 0.409 e. The Labute approximate surface area is 149 Å². The first-order chi connectivity index (χ1) is 12.0. The van der Waals surface area contributed by atoms with Crippen molar-refractivity contribution in [1.29, 1.82) is 0 Å². The predicted octanol–water partition coefficient (Wildman–Crippen LogP) is 1.62. The minimum absolute atomic E-state index is 0.251. The van der Waals surface area contributed by atoms with Gasteiger partial charge in [-0.25, -0.2) is 4.79 Å². The summed E-state index contributed by atoms with van der Waals surface area (Å²) < 4.78 is 9.96. The molecule has 2 heterocycles. The second-order valence-corrected chi connectivity index (χ2v) is 6.19. The summed E-state index contributed by atoms with van der Waals surface area (Å²) in [6.07, 6.45) is 2.31. The van der Waals surface area contributed by atoms with E-state index in [9.17, 15) is 4.79 Å². The Balaban J connectivity index is 1.85. The third-order valence-electron chi connectivity index (χ3n) is 4.43. The van der Waals surface area contributed by atoms with Crippen LogP contribution in [0.1, 0.15) is 36.8 Å². The molecule has 0 bridgehead atoms. The van der Waals surface area contributed by atoms with E-state index < -0.39 is 0 Å². The number of guanidine groups is 1. The van der Waals surface area contributed by atoms with Crippen LogP contribution in [-0.2, 0) is 11.2 Å². The van der Waals surface area contributed by atoms with Gasteiger partial charge < -0.3 is 24.8 Å². The molecule has 1 amide bonds. The highest BCUT2D eigenvalue weighted by Crippen LogP contribution is 2.13. The molecule has 1 aromatic rings. The first kappa shape index (κ1) is 19.1. The van der Waals surface area contributed by atoms with Crippen LogP contribution in [0.2, 0.25) is 0 Å². The molecule has 1 aromatic heterocycles. The van der Waals surface area contributed by atoms with E-state index in [0.717, 1.165) is 48.8 Å². The van der Waals surface area contributed by atoms with E-state index in [-0.39, 0.29) is 6.09 Å². The van der Waals surface area contributed by atoms with Crippen molar-refractivity contribution in [2.24, 2.45) is 4.99 Å². The highest BCUT2D eigenvalue weighted by molar-refractivity contribution is 5.80. The second-order valence-electron chi connectivity index (χ2n) is 6.19. The summed E-state index contributed by atoms with van der Waals surface area (Å²) in [5, 5.41) is 10.7. The minimum Gasteiger partial charge on any atom is -0.453 e. The van der Waals surface area contributed by atoms with Crippen LogP contribution in [-0.4, -0.2) is 61.4 Å². The number of likely N-dealkylation sites (tertiary alicyclic amines) is 1. The van der Waals surface area contributed by atoms with Crippen LogP contribution in [0.4, 0.5) is 4.79 Å². The molecule has 0 aliphatic carbocycles. The summed E-state index contributed by atoms with van der Waals surface area (Å²) in [6, 6.07) is 0.303. The third-order valence-corrected chi connectivity index (χ3v) is 4.43. The molecular weight excluding hydrogens is 322 g/mol. The largest absolute Gasteiger partial charge is 0.453 e. The smallest absolute Gasteiger partial charge is 0.409 e. The summed E-state index contributed by atoms with van der Waals surface area (Å²) in [7, 11) is 1.42. The van der Waals surface area contributed by atoms with Gasteiger partial charge in [-0.3, -0.25) is 4.99 Å². The van der Waals surface area contributed by atoms with E-state index in [1.165, 1.54) is 7.11 Å². The van der Waals surface area contributed by atoms with Crippen molar-refractivity contribution in [3.05, 3.63) is 17.0 Å². The molecule has 1 aliphatic heterocycles. The number of aromatic nitrogens is 1. The first-order valence-electron chi connectivity index (χ1n) is 8.84. The van der Waals surface area contributed by atoms with Gasteiger partial charge >= 0.3 is 6.09 Å². The zero-order valence-electron chi connectivity index (χ0n) is 15.6. The summed E-state index contributed by atoms with van der Waals surface area (Å²) >= 11 is 0. The molecule has 8 heteroatoms. The van der Waals surface area contributed by atoms with Crippen LogP contribution < -0.4 is 10.6 Å². The van der Waals surface area contributed by atoms with E-state index in [2.05, 4.69) is 20.8 Å². The van der Waals surface area contributed by atoms with Gasteiger partial charge in [-0.1, -0.05) is 5.16 Å². The van der Waals surface area contributed by atoms with Gasteiger partial charge in [0.25, 0.3) is 0 Å². The average Bonchev–Trinajstić information content (AvgIpc) is 2.93. The van der Waals surface area contributed by atoms with E-state index in [1.807, 2.05) is 20.8 Å². The summed E-state index contributed by atoms with van der Waals surface area (Å²) in [4.78, 5) is 17.9. The Kier molecular flexibility index (Phi) is 7.09. The van der Waals surface area contributed by atoms with E-state index in [4.69, 9.17) is 9.26 Å². The Morgan fingerprint density at radius 1 is 1.40 bits per heavy atom. The molecule has 0 saturated carbocycles. The van der Waals surface area contributed by atoms with Crippen molar-refractivity contribution in [1.82, 2.24) is 20.7 Å². The molecule has 1 saturated heterocycles. The second kappa shape index (κ2) is 9.29. The maximum absolute atomic E-state index is 11.5. The van der Waals surface area contributed by atoms with Crippen molar-refractivity contribution < 1.29 is 14.1 Å². The summed E-state index contributed by atoms with van der Waals surface area (Å²) in [5.74, 6) is 1.67. The number of nitrogens with one attached hydrogen (secondary N) is 2. The van der Waals surface area contributed by atoms with Crippen molar-refractivity contribution in [2.45, 2.75) is 46.1 Å². The number of rotatable bonds is 5. The van der Waals surface area contributed by atoms with Crippen LogP contribution in [0.15, 0.2) is 9.52 Å². The lowest BCUT2D eigenvalue weighted by Crippen LogP contribution is -2.49. The third kappa shape index (κ3) is 5.37. The average molecular weight is 351 g/mol. The zero-order chi connectivity index (χ0) is 18.2. The van der Waals surface area contributed by atoms with Gasteiger partial charge in [-0.2, -0.15) is 0 Å². The van der Waals surface area contributed by atoms with E-state index in [0.29, 0.717) is 25.7 Å². The maximum atomic E-state index is 11.5. The number of amides is 1. The molecule has 0 unspecified atom stereocenters. The number of piperidine rings is 1. The van der Waals surface area contributed by atoms with E-state index >= 15 is 0 Å². The number of aliphatic imine (C=N–C) groups is 1. The standard InChI is InChI=1S/C17H29N5O3/c1-5-18-16(19-9-6-15-12(2)21-25-13(15)3)20-14-7-10-22(11-8-14)17(23)24-4/h14H,5-11H2,1-4H3,(H2,18,19,20). The highest BCUT2D eigenvalue weighted by Gasteiger charge is 2.23. The molecule has 1 fully saturated rings. The molecule has 25 heavy (non-hydrogen) atoms. The van der Waals surface area contributed by atoms with Crippen molar-refractivity contribution in [3.63, 3.8) is 0 Å². The SMILES string of the molecule is CCNC(=NCCc1c(C)noc1C)NC1CCN(C(=O)OC)CC1. The Bertz CT molecular complexity index is 572. The Morgan fingerprint density at radius 2 is 2.12 bits per heavy atom.